The van der Waals surface area contributed by atoms with Crippen LogP contribution in [0.25, 0.3) is 0 Å². The number of carbonyl (C=O) groups is 1. The van der Waals surface area contributed by atoms with Crippen LogP contribution in [0.15, 0.2) is 23.6 Å². The van der Waals surface area contributed by atoms with Gasteiger partial charge in [-0.2, -0.15) is 5.10 Å². The first kappa shape index (κ1) is 16.2. The van der Waals surface area contributed by atoms with Crippen LogP contribution in [0.5, 0.6) is 0 Å². The lowest BCUT2D eigenvalue weighted by Crippen LogP contribution is -2.38. The Morgan fingerprint density at radius 1 is 1.43 bits per heavy atom. The van der Waals surface area contributed by atoms with Gasteiger partial charge < -0.3 is 4.90 Å². The van der Waals surface area contributed by atoms with E-state index in [1.165, 1.54) is 10.6 Å². The number of amides is 1. The van der Waals surface area contributed by atoms with Crippen LogP contribution in [0.3, 0.4) is 0 Å². The molecular formula is C18H25N3OS. The van der Waals surface area contributed by atoms with E-state index in [9.17, 15) is 4.79 Å². The van der Waals surface area contributed by atoms with E-state index in [1.54, 1.807) is 11.3 Å². The normalized spacial score (nSPS) is 17.8. The Balaban J connectivity index is 1.53. The molecule has 1 saturated heterocycles. The molecule has 0 N–H and O–H groups in total. The van der Waals surface area contributed by atoms with Crippen LogP contribution in [0.1, 0.15) is 41.9 Å². The van der Waals surface area contributed by atoms with Crippen molar-refractivity contribution in [1.29, 1.82) is 0 Å². The summed E-state index contributed by atoms with van der Waals surface area (Å²) in [5.74, 6) is 0.311. The van der Waals surface area contributed by atoms with E-state index in [1.807, 2.05) is 6.92 Å². The summed E-state index contributed by atoms with van der Waals surface area (Å²) in [6.07, 6.45) is 4.82. The van der Waals surface area contributed by atoms with Crippen LogP contribution in [0.2, 0.25) is 0 Å². The quantitative estimate of drug-likeness (QED) is 0.811. The van der Waals surface area contributed by atoms with Gasteiger partial charge in [-0.1, -0.05) is 6.07 Å². The maximum Gasteiger partial charge on any atom is 0.222 e. The molecule has 0 radical (unpaired) electrons. The summed E-state index contributed by atoms with van der Waals surface area (Å²) >= 11 is 1.78. The second-order valence-electron chi connectivity index (χ2n) is 6.43. The van der Waals surface area contributed by atoms with Gasteiger partial charge in [-0.05, 0) is 57.0 Å². The number of hydrogen-bond acceptors (Lipinski definition) is 3. The third-order valence-corrected chi connectivity index (χ3v) is 5.51. The van der Waals surface area contributed by atoms with Crippen molar-refractivity contribution in [2.24, 2.45) is 0 Å². The van der Waals surface area contributed by atoms with Crippen molar-refractivity contribution in [3.8, 4) is 0 Å². The predicted octanol–water partition coefficient (Wildman–Crippen LogP) is 3.58. The largest absolute Gasteiger partial charge is 0.338 e. The van der Waals surface area contributed by atoms with Gasteiger partial charge in [-0.25, -0.2) is 0 Å². The molecule has 2 aromatic rings. The fraction of sp³-hybridized carbons (Fsp3) is 0.556. The minimum absolute atomic E-state index is 0.308. The summed E-state index contributed by atoms with van der Waals surface area (Å²) in [5, 5.41) is 6.64. The molecule has 1 fully saturated rings. The van der Waals surface area contributed by atoms with E-state index in [4.69, 9.17) is 0 Å². The van der Waals surface area contributed by atoms with Crippen LogP contribution in [-0.2, 0) is 17.8 Å². The van der Waals surface area contributed by atoms with Gasteiger partial charge in [0.2, 0.25) is 5.91 Å². The number of aromatic nitrogens is 2. The molecular weight excluding hydrogens is 306 g/mol. The molecule has 0 unspecified atom stereocenters. The highest BCUT2D eigenvalue weighted by atomic mass is 32.1. The number of hydrogen-bond donors (Lipinski definition) is 0. The summed E-state index contributed by atoms with van der Waals surface area (Å²) in [5.41, 5.74) is 2.23. The maximum atomic E-state index is 12.6. The average molecular weight is 331 g/mol. The van der Waals surface area contributed by atoms with Crippen molar-refractivity contribution in [2.45, 2.75) is 58.5 Å². The Kier molecular flexibility index (Phi) is 5.16. The van der Waals surface area contributed by atoms with E-state index in [0.29, 0.717) is 18.4 Å². The molecule has 4 nitrogen and oxygen atoms in total. The Bertz CT molecular complexity index is 647. The van der Waals surface area contributed by atoms with Crippen molar-refractivity contribution >= 4 is 17.2 Å². The topological polar surface area (TPSA) is 38.1 Å². The molecule has 1 amide bonds. The van der Waals surface area contributed by atoms with Crippen LogP contribution in [0.4, 0.5) is 0 Å². The van der Waals surface area contributed by atoms with Crippen molar-refractivity contribution in [2.75, 3.05) is 6.54 Å². The van der Waals surface area contributed by atoms with Crippen LogP contribution in [-0.4, -0.2) is 33.2 Å². The number of nitrogens with zero attached hydrogens (tertiary/aromatic N) is 3. The molecule has 0 bridgehead atoms. The number of rotatable bonds is 6. The average Bonchev–Trinajstić information content (AvgIpc) is 3.22. The smallest absolute Gasteiger partial charge is 0.222 e. The molecule has 23 heavy (non-hydrogen) atoms. The Hall–Kier alpha value is -1.62. The van der Waals surface area contributed by atoms with Gasteiger partial charge in [-0.3, -0.25) is 9.48 Å². The molecule has 5 heteroatoms. The molecule has 3 heterocycles. The second kappa shape index (κ2) is 7.30. The van der Waals surface area contributed by atoms with Crippen LogP contribution in [0, 0.1) is 13.8 Å². The SMILES string of the molecule is Cc1cc(C)n(C[C@H]2CCCN2C(=O)CCCc2cccs2)n1. The zero-order chi connectivity index (χ0) is 16.2. The minimum atomic E-state index is 0.308. The number of aryl methyl sites for hydroxylation is 3. The van der Waals surface area contributed by atoms with E-state index in [2.05, 4.69) is 45.2 Å². The predicted molar refractivity (Wildman–Crippen MR) is 93.7 cm³/mol. The Morgan fingerprint density at radius 2 is 2.30 bits per heavy atom. The number of likely N-dealkylation sites (tertiary alicyclic amines) is 1. The molecule has 3 rings (SSSR count). The van der Waals surface area contributed by atoms with Crippen molar-refractivity contribution in [3.05, 3.63) is 39.8 Å². The van der Waals surface area contributed by atoms with Gasteiger partial charge in [0.05, 0.1) is 18.3 Å². The van der Waals surface area contributed by atoms with Gasteiger partial charge in [0.15, 0.2) is 0 Å². The van der Waals surface area contributed by atoms with Gasteiger partial charge in [0.1, 0.15) is 0 Å². The highest BCUT2D eigenvalue weighted by molar-refractivity contribution is 7.09. The number of thiophene rings is 1. The summed E-state index contributed by atoms with van der Waals surface area (Å²) < 4.78 is 2.05. The van der Waals surface area contributed by atoms with Crippen LogP contribution >= 0.6 is 11.3 Å². The monoisotopic (exact) mass is 331 g/mol. The molecule has 124 valence electrons. The van der Waals surface area contributed by atoms with E-state index in [0.717, 1.165) is 44.5 Å². The molecule has 0 aliphatic carbocycles. The lowest BCUT2D eigenvalue weighted by Gasteiger charge is -2.25. The molecule has 2 aromatic heterocycles. The minimum Gasteiger partial charge on any atom is -0.338 e. The van der Waals surface area contributed by atoms with E-state index >= 15 is 0 Å². The zero-order valence-electron chi connectivity index (χ0n) is 14.0. The van der Waals surface area contributed by atoms with Crippen LogP contribution < -0.4 is 0 Å². The van der Waals surface area contributed by atoms with E-state index in [-0.39, 0.29) is 0 Å². The Labute approximate surface area is 142 Å². The van der Waals surface area contributed by atoms with Gasteiger partial charge in [0.25, 0.3) is 0 Å². The fourth-order valence-corrected chi connectivity index (χ4v) is 4.18. The second-order valence-corrected chi connectivity index (χ2v) is 7.46. The first-order chi connectivity index (χ1) is 11.1. The maximum absolute atomic E-state index is 12.6. The standard InChI is InChI=1S/C18H25N3OS/c1-14-12-15(2)21(19-14)13-16-6-4-10-20(16)18(22)9-3-7-17-8-5-11-23-17/h5,8,11-12,16H,3-4,6-7,9-10,13H2,1-2H3/t16-/m1/s1. The molecule has 0 saturated carbocycles. The first-order valence-electron chi connectivity index (χ1n) is 8.46. The van der Waals surface area contributed by atoms with Crippen molar-refractivity contribution in [1.82, 2.24) is 14.7 Å². The third kappa shape index (κ3) is 4.02. The highest BCUT2D eigenvalue weighted by Crippen LogP contribution is 2.21. The molecule has 1 aliphatic heterocycles. The highest BCUT2D eigenvalue weighted by Gasteiger charge is 2.29. The molecule has 0 spiro atoms. The summed E-state index contributed by atoms with van der Waals surface area (Å²) in [6, 6.07) is 6.63. The molecule has 1 aliphatic rings. The lowest BCUT2D eigenvalue weighted by atomic mass is 10.1. The van der Waals surface area contributed by atoms with Gasteiger partial charge >= 0.3 is 0 Å². The van der Waals surface area contributed by atoms with Crippen molar-refractivity contribution < 1.29 is 4.79 Å². The third-order valence-electron chi connectivity index (χ3n) is 4.58. The van der Waals surface area contributed by atoms with E-state index < -0.39 is 0 Å². The zero-order valence-corrected chi connectivity index (χ0v) is 14.8. The lowest BCUT2D eigenvalue weighted by molar-refractivity contribution is -0.132. The fourth-order valence-electron chi connectivity index (χ4n) is 3.43. The molecule has 1 atom stereocenters. The number of carbonyl (C=O) groups excluding carboxylic acids is 1. The summed E-state index contributed by atoms with van der Waals surface area (Å²) in [7, 11) is 0. The van der Waals surface area contributed by atoms with Gasteiger partial charge in [0, 0.05) is 23.5 Å². The summed E-state index contributed by atoms with van der Waals surface area (Å²) in [4.78, 5) is 16.0. The van der Waals surface area contributed by atoms with Crippen molar-refractivity contribution in [3.63, 3.8) is 0 Å². The van der Waals surface area contributed by atoms with Gasteiger partial charge in [-0.15, -0.1) is 11.3 Å². The Morgan fingerprint density at radius 3 is 3.00 bits per heavy atom. The summed E-state index contributed by atoms with van der Waals surface area (Å²) in [6.45, 7) is 5.84. The molecule has 0 aromatic carbocycles. The first-order valence-corrected chi connectivity index (χ1v) is 9.34.